The monoisotopic (exact) mass is 244 g/mol. The Morgan fingerprint density at radius 3 is 2.82 bits per heavy atom. The van der Waals surface area contributed by atoms with Crippen LogP contribution in [-0.2, 0) is 12.8 Å². The third-order valence-electron chi connectivity index (χ3n) is 3.53. The highest BCUT2D eigenvalue weighted by Gasteiger charge is 2.20. The van der Waals surface area contributed by atoms with Gasteiger partial charge in [0, 0.05) is 10.6 Å². The number of carbonyl (C=O) groups excluding carboxylic acids is 1. The lowest BCUT2D eigenvalue weighted by atomic mass is 9.93. The second kappa shape index (κ2) is 3.85. The smallest absolute Gasteiger partial charge is 0.160 e. The Morgan fingerprint density at radius 2 is 2.06 bits per heavy atom. The molecule has 0 saturated heterocycles. The molecule has 0 bridgehead atoms. The maximum atomic E-state index is 11.9. The van der Waals surface area contributed by atoms with E-state index in [1.807, 2.05) is 18.2 Å². The number of ketones is 1. The molecule has 0 spiro atoms. The van der Waals surface area contributed by atoms with E-state index in [-0.39, 0.29) is 5.78 Å². The van der Waals surface area contributed by atoms with Crippen LogP contribution in [0.25, 0.3) is 10.8 Å². The van der Waals surface area contributed by atoms with Crippen molar-refractivity contribution in [1.29, 1.82) is 0 Å². The Balaban J connectivity index is 2.44. The highest BCUT2D eigenvalue weighted by atomic mass is 35.5. The molecule has 1 aliphatic carbocycles. The summed E-state index contributed by atoms with van der Waals surface area (Å²) in [6, 6.07) is 7.96. The van der Waals surface area contributed by atoms with Crippen LogP contribution in [0, 0.1) is 0 Å². The molecule has 0 aliphatic heterocycles. The second-order valence-corrected chi connectivity index (χ2v) is 5.10. The van der Waals surface area contributed by atoms with Gasteiger partial charge in [-0.2, -0.15) is 0 Å². The normalized spacial score (nSPS) is 14.0. The lowest BCUT2D eigenvalue weighted by Crippen LogP contribution is -2.01. The summed E-state index contributed by atoms with van der Waals surface area (Å²) in [4.78, 5) is 11.9. The Morgan fingerprint density at radius 1 is 1.24 bits per heavy atom. The van der Waals surface area contributed by atoms with Crippen LogP contribution in [0.4, 0.5) is 0 Å². The molecular weight excluding hydrogens is 232 g/mol. The van der Waals surface area contributed by atoms with E-state index in [0.717, 1.165) is 40.6 Å². The standard InChI is InChI=1S/C15H13ClO/c1-9(17)15-13-4-2-3-10(13)7-11-8-12(16)5-6-14(11)15/h5-8H,2-4H2,1H3. The lowest BCUT2D eigenvalue weighted by molar-refractivity contribution is 0.101. The molecule has 1 aliphatic rings. The molecule has 2 heteroatoms. The van der Waals surface area contributed by atoms with E-state index in [9.17, 15) is 4.79 Å². The van der Waals surface area contributed by atoms with Crippen LogP contribution in [0.5, 0.6) is 0 Å². The molecule has 17 heavy (non-hydrogen) atoms. The number of aryl methyl sites for hydroxylation is 1. The van der Waals surface area contributed by atoms with Gasteiger partial charge in [0.1, 0.15) is 0 Å². The highest BCUT2D eigenvalue weighted by molar-refractivity contribution is 6.31. The van der Waals surface area contributed by atoms with Crippen molar-refractivity contribution in [2.24, 2.45) is 0 Å². The fourth-order valence-corrected chi connectivity index (χ4v) is 3.03. The number of halogens is 1. The fraction of sp³-hybridized carbons (Fsp3) is 0.267. The molecule has 86 valence electrons. The molecule has 3 rings (SSSR count). The quantitative estimate of drug-likeness (QED) is 0.688. The van der Waals surface area contributed by atoms with Crippen LogP contribution < -0.4 is 0 Å². The van der Waals surface area contributed by atoms with Crippen LogP contribution in [-0.4, -0.2) is 5.78 Å². The fourth-order valence-electron chi connectivity index (χ4n) is 2.84. The molecule has 0 atom stereocenters. The number of Topliss-reactive ketones (excluding diaryl/α,β-unsaturated/α-hetero) is 1. The van der Waals surface area contributed by atoms with Gasteiger partial charge >= 0.3 is 0 Å². The number of benzene rings is 2. The molecule has 0 N–H and O–H groups in total. The first-order chi connectivity index (χ1) is 8.16. The Kier molecular flexibility index (Phi) is 2.44. The Labute approximate surface area is 105 Å². The molecular formula is C15H13ClO. The van der Waals surface area contributed by atoms with E-state index in [0.29, 0.717) is 0 Å². The largest absolute Gasteiger partial charge is 0.294 e. The van der Waals surface area contributed by atoms with E-state index in [1.165, 1.54) is 11.1 Å². The van der Waals surface area contributed by atoms with Gasteiger partial charge in [-0.25, -0.2) is 0 Å². The van der Waals surface area contributed by atoms with Gasteiger partial charge in [-0.3, -0.25) is 4.79 Å². The summed E-state index contributed by atoms with van der Waals surface area (Å²) < 4.78 is 0. The van der Waals surface area contributed by atoms with Crippen molar-refractivity contribution in [3.63, 3.8) is 0 Å². The number of fused-ring (bicyclic) bond motifs is 2. The summed E-state index contributed by atoms with van der Waals surface area (Å²) in [5, 5.41) is 2.86. The van der Waals surface area contributed by atoms with Gasteiger partial charge < -0.3 is 0 Å². The van der Waals surface area contributed by atoms with Gasteiger partial charge in [0.2, 0.25) is 0 Å². The summed E-state index contributed by atoms with van der Waals surface area (Å²) >= 11 is 6.02. The van der Waals surface area contributed by atoms with Crippen LogP contribution >= 0.6 is 11.6 Å². The van der Waals surface area contributed by atoms with Gasteiger partial charge in [-0.15, -0.1) is 0 Å². The summed E-state index contributed by atoms with van der Waals surface area (Å²) in [7, 11) is 0. The SMILES string of the molecule is CC(=O)c1c2c(cc3cc(Cl)ccc13)CCC2. The minimum atomic E-state index is 0.163. The van der Waals surface area contributed by atoms with Crippen LogP contribution in [0.3, 0.4) is 0 Å². The van der Waals surface area contributed by atoms with E-state index in [4.69, 9.17) is 11.6 Å². The minimum absolute atomic E-state index is 0.163. The van der Waals surface area contributed by atoms with Crippen molar-refractivity contribution in [1.82, 2.24) is 0 Å². The molecule has 0 amide bonds. The van der Waals surface area contributed by atoms with Crippen molar-refractivity contribution in [3.05, 3.63) is 46.0 Å². The lowest BCUT2D eigenvalue weighted by Gasteiger charge is -2.10. The number of carbonyl (C=O) groups is 1. The van der Waals surface area contributed by atoms with Gasteiger partial charge in [0.05, 0.1) is 0 Å². The zero-order chi connectivity index (χ0) is 12.0. The van der Waals surface area contributed by atoms with Gasteiger partial charge in [-0.1, -0.05) is 23.7 Å². The predicted octanol–water partition coefficient (Wildman–Crippen LogP) is 4.18. The van der Waals surface area contributed by atoms with E-state index >= 15 is 0 Å². The molecule has 1 nitrogen and oxygen atoms in total. The zero-order valence-corrected chi connectivity index (χ0v) is 10.5. The van der Waals surface area contributed by atoms with E-state index in [2.05, 4.69) is 6.07 Å². The number of rotatable bonds is 1. The molecule has 0 aromatic heterocycles. The third kappa shape index (κ3) is 1.66. The average molecular weight is 245 g/mol. The van der Waals surface area contributed by atoms with Crippen molar-refractivity contribution in [3.8, 4) is 0 Å². The van der Waals surface area contributed by atoms with Crippen molar-refractivity contribution in [2.75, 3.05) is 0 Å². The molecule has 0 heterocycles. The summed E-state index contributed by atoms with van der Waals surface area (Å²) in [5.41, 5.74) is 3.49. The van der Waals surface area contributed by atoms with Crippen molar-refractivity contribution < 1.29 is 4.79 Å². The van der Waals surface area contributed by atoms with E-state index in [1.54, 1.807) is 6.92 Å². The molecule has 0 radical (unpaired) electrons. The van der Waals surface area contributed by atoms with Gasteiger partial charge in [0.25, 0.3) is 0 Å². The molecule has 0 unspecified atom stereocenters. The van der Waals surface area contributed by atoms with Crippen LogP contribution in [0.15, 0.2) is 24.3 Å². The van der Waals surface area contributed by atoms with Gasteiger partial charge in [-0.05, 0) is 60.2 Å². The molecule has 0 fully saturated rings. The van der Waals surface area contributed by atoms with Gasteiger partial charge in [0.15, 0.2) is 5.78 Å². The molecule has 2 aromatic rings. The Hall–Kier alpha value is -1.34. The maximum absolute atomic E-state index is 11.9. The number of hydrogen-bond acceptors (Lipinski definition) is 1. The summed E-state index contributed by atoms with van der Waals surface area (Å²) in [6.07, 6.45) is 3.26. The van der Waals surface area contributed by atoms with Crippen molar-refractivity contribution in [2.45, 2.75) is 26.2 Å². The first-order valence-electron chi connectivity index (χ1n) is 5.92. The summed E-state index contributed by atoms with van der Waals surface area (Å²) in [6.45, 7) is 1.65. The first kappa shape index (κ1) is 10.8. The van der Waals surface area contributed by atoms with E-state index < -0.39 is 0 Å². The number of hydrogen-bond donors (Lipinski definition) is 0. The highest BCUT2D eigenvalue weighted by Crippen LogP contribution is 2.33. The Bertz CT molecular complexity index is 628. The third-order valence-corrected chi connectivity index (χ3v) is 3.76. The zero-order valence-electron chi connectivity index (χ0n) is 9.72. The second-order valence-electron chi connectivity index (χ2n) is 4.66. The average Bonchev–Trinajstić information content (AvgIpc) is 2.72. The summed E-state index contributed by atoms with van der Waals surface area (Å²) in [5.74, 6) is 0.163. The van der Waals surface area contributed by atoms with Crippen molar-refractivity contribution >= 4 is 28.2 Å². The molecule has 2 aromatic carbocycles. The molecule has 0 saturated carbocycles. The topological polar surface area (TPSA) is 17.1 Å². The van der Waals surface area contributed by atoms with Crippen LogP contribution in [0.1, 0.15) is 34.8 Å². The first-order valence-corrected chi connectivity index (χ1v) is 6.29. The minimum Gasteiger partial charge on any atom is -0.294 e. The van der Waals surface area contributed by atoms with Crippen LogP contribution in [0.2, 0.25) is 5.02 Å². The predicted molar refractivity (Wildman–Crippen MR) is 71.0 cm³/mol. The maximum Gasteiger partial charge on any atom is 0.160 e.